The highest BCUT2D eigenvalue weighted by Crippen LogP contribution is 2.29. The normalized spacial score (nSPS) is 10.5. The molecule has 2 aromatic carbocycles. The number of fused-ring (bicyclic) bond motifs is 1. The topological polar surface area (TPSA) is 68.3 Å². The largest absolute Gasteiger partial charge is 0.465 e. The van der Waals surface area contributed by atoms with Gasteiger partial charge >= 0.3 is 5.97 Å². The predicted octanol–water partition coefficient (Wildman–Crippen LogP) is 4.04. The van der Waals surface area contributed by atoms with Crippen LogP contribution in [0.3, 0.4) is 0 Å². The van der Waals surface area contributed by atoms with Gasteiger partial charge in [0.05, 0.1) is 18.4 Å². The fourth-order valence-electron chi connectivity index (χ4n) is 2.65. The molecule has 5 nitrogen and oxygen atoms in total. The number of amides is 1. The SMILES string of the molecule is CCC(=O)Nc1ccc(-c2ncc3ccccc3c2C(=O)OC)cc1. The lowest BCUT2D eigenvalue weighted by atomic mass is 9.99. The second-order valence-electron chi connectivity index (χ2n) is 5.54. The van der Waals surface area contributed by atoms with Crippen LogP contribution in [0.1, 0.15) is 23.7 Å². The lowest BCUT2D eigenvalue weighted by Gasteiger charge is -2.11. The van der Waals surface area contributed by atoms with Crippen molar-refractivity contribution in [2.24, 2.45) is 0 Å². The number of hydrogen-bond donors (Lipinski definition) is 1. The van der Waals surface area contributed by atoms with Gasteiger partial charge in [0.1, 0.15) is 0 Å². The summed E-state index contributed by atoms with van der Waals surface area (Å²) in [5.41, 5.74) is 2.47. The third kappa shape index (κ3) is 3.35. The maximum atomic E-state index is 12.4. The number of benzene rings is 2. The number of carbonyl (C=O) groups is 2. The molecule has 0 bridgehead atoms. The van der Waals surface area contributed by atoms with Crippen molar-refractivity contribution in [3.63, 3.8) is 0 Å². The molecular weight excluding hydrogens is 316 g/mol. The van der Waals surface area contributed by atoms with Crippen LogP contribution in [-0.4, -0.2) is 24.0 Å². The lowest BCUT2D eigenvalue weighted by molar-refractivity contribution is -0.115. The van der Waals surface area contributed by atoms with Crippen molar-refractivity contribution in [3.8, 4) is 11.3 Å². The highest BCUT2D eigenvalue weighted by Gasteiger charge is 2.18. The second kappa shape index (κ2) is 7.13. The predicted molar refractivity (Wildman–Crippen MR) is 97.4 cm³/mol. The average Bonchev–Trinajstić information content (AvgIpc) is 2.67. The van der Waals surface area contributed by atoms with Crippen LogP contribution < -0.4 is 5.32 Å². The van der Waals surface area contributed by atoms with Crippen molar-refractivity contribution >= 4 is 28.3 Å². The Balaban J connectivity index is 2.09. The maximum absolute atomic E-state index is 12.4. The van der Waals surface area contributed by atoms with Gasteiger partial charge in [0.15, 0.2) is 0 Å². The van der Waals surface area contributed by atoms with Gasteiger partial charge in [-0.15, -0.1) is 0 Å². The number of pyridine rings is 1. The number of hydrogen-bond acceptors (Lipinski definition) is 4. The minimum Gasteiger partial charge on any atom is -0.465 e. The van der Waals surface area contributed by atoms with E-state index in [1.54, 1.807) is 25.3 Å². The van der Waals surface area contributed by atoms with Gasteiger partial charge in [-0.1, -0.05) is 43.3 Å². The van der Waals surface area contributed by atoms with Crippen molar-refractivity contribution in [1.82, 2.24) is 4.98 Å². The van der Waals surface area contributed by atoms with E-state index in [0.29, 0.717) is 23.4 Å². The smallest absolute Gasteiger partial charge is 0.340 e. The Bertz CT molecular complexity index is 933. The van der Waals surface area contributed by atoms with Gasteiger partial charge in [0.25, 0.3) is 0 Å². The number of carbonyl (C=O) groups excluding carboxylic acids is 2. The minimum absolute atomic E-state index is 0.0492. The molecule has 0 unspecified atom stereocenters. The number of anilines is 1. The standard InChI is InChI=1S/C20H18N2O3/c1-3-17(23)22-15-10-8-13(9-11-15)19-18(20(24)25-2)16-7-5-4-6-14(16)12-21-19/h4-12H,3H2,1-2H3,(H,22,23). The molecule has 1 amide bonds. The molecule has 0 aliphatic heterocycles. The van der Waals surface area contributed by atoms with Gasteiger partial charge in [-0.2, -0.15) is 0 Å². The van der Waals surface area contributed by atoms with E-state index in [-0.39, 0.29) is 5.91 Å². The van der Waals surface area contributed by atoms with E-state index < -0.39 is 5.97 Å². The average molecular weight is 334 g/mol. The first-order chi connectivity index (χ1) is 12.1. The fourth-order valence-corrected chi connectivity index (χ4v) is 2.65. The van der Waals surface area contributed by atoms with Crippen molar-refractivity contribution in [2.45, 2.75) is 13.3 Å². The van der Waals surface area contributed by atoms with E-state index in [1.807, 2.05) is 36.4 Å². The Labute approximate surface area is 145 Å². The lowest BCUT2D eigenvalue weighted by Crippen LogP contribution is -2.09. The molecule has 25 heavy (non-hydrogen) atoms. The van der Waals surface area contributed by atoms with Gasteiger partial charge in [-0.05, 0) is 17.5 Å². The van der Waals surface area contributed by atoms with E-state index in [4.69, 9.17) is 4.74 Å². The van der Waals surface area contributed by atoms with Crippen LogP contribution >= 0.6 is 0 Å². The summed E-state index contributed by atoms with van der Waals surface area (Å²) in [6, 6.07) is 14.8. The molecule has 3 rings (SSSR count). The van der Waals surface area contributed by atoms with Crippen LogP contribution in [-0.2, 0) is 9.53 Å². The molecule has 1 heterocycles. The van der Waals surface area contributed by atoms with Crippen molar-refractivity contribution in [2.75, 3.05) is 12.4 Å². The molecular formula is C20H18N2O3. The third-order valence-corrected chi connectivity index (χ3v) is 3.95. The Morgan fingerprint density at radius 3 is 2.48 bits per heavy atom. The van der Waals surface area contributed by atoms with Crippen LogP contribution in [0, 0.1) is 0 Å². The monoisotopic (exact) mass is 334 g/mol. The van der Waals surface area contributed by atoms with Crippen LogP contribution in [0.5, 0.6) is 0 Å². The molecule has 0 saturated heterocycles. The molecule has 0 spiro atoms. The summed E-state index contributed by atoms with van der Waals surface area (Å²) in [5.74, 6) is -0.477. The number of esters is 1. The molecule has 0 aliphatic carbocycles. The van der Waals surface area contributed by atoms with E-state index in [9.17, 15) is 9.59 Å². The van der Waals surface area contributed by atoms with Crippen molar-refractivity contribution in [1.29, 1.82) is 0 Å². The van der Waals surface area contributed by atoms with Gasteiger partial charge < -0.3 is 10.1 Å². The zero-order chi connectivity index (χ0) is 17.8. The zero-order valence-electron chi connectivity index (χ0n) is 14.1. The molecule has 0 atom stereocenters. The summed E-state index contributed by atoms with van der Waals surface area (Å²) in [6.45, 7) is 1.80. The summed E-state index contributed by atoms with van der Waals surface area (Å²) in [6.07, 6.45) is 2.16. The molecule has 1 aromatic heterocycles. The van der Waals surface area contributed by atoms with Crippen LogP contribution in [0.15, 0.2) is 54.7 Å². The van der Waals surface area contributed by atoms with E-state index in [2.05, 4.69) is 10.3 Å². The number of rotatable bonds is 4. The summed E-state index contributed by atoms with van der Waals surface area (Å²) < 4.78 is 4.96. The highest BCUT2D eigenvalue weighted by atomic mass is 16.5. The molecule has 0 aliphatic rings. The molecule has 0 fully saturated rings. The third-order valence-electron chi connectivity index (χ3n) is 3.95. The number of nitrogens with zero attached hydrogens (tertiary/aromatic N) is 1. The highest BCUT2D eigenvalue weighted by molar-refractivity contribution is 6.09. The molecule has 0 saturated carbocycles. The number of nitrogens with one attached hydrogen (secondary N) is 1. The maximum Gasteiger partial charge on any atom is 0.340 e. The van der Waals surface area contributed by atoms with Gasteiger partial charge in [0.2, 0.25) is 5.91 Å². The minimum atomic E-state index is -0.428. The second-order valence-corrected chi connectivity index (χ2v) is 5.54. The van der Waals surface area contributed by atoms with Crippen molar-refractivity contribution < 1.29 is 14.3 Å². The molecule has 126 valence electrons. The Morgan fingerprint density at radius 1 is 1.08 bits per heavy atom. The summed E-state index contributed by atoms with van der Waals surface area (Å²) in [7, 11) is 1.36. The Hall–Kier alpha value is -3.21. The van der Waals surface area contributed by atoms with Crippen molar-refractivity contribution in [3.05, 3.63) is 60.3 Å². The van der Waals surface area contributed by atoms with E-state index in [1.165, 1.54) is 7.11 Å². The van der Waals surface area contributed by atoms with Gasteiger partial charge in [0, 0.05) is 29.3 Å². The number of methoxy groups -OCH3 is 1. The summed E-state index contributed by atoms with van der Waals surface area (Å²) >= 11 is 0. The van der Waals surface area contributed by atoms with Crippen LogP contribution in [0.4, 0.5) is 5.69 Å². The molecule has 1 N–H and O–H groups in total. The van der Waals surface area contributed by atoms with E-state index >= 15 is 0 Å². The quantitative estimate of drug-likeness (QED) is 0.731. The first-order valence-corrected chi connectivity index (χ1v) is 8.00. The Morgan fingerprint density at radius 2 is 1.80 bits per heavy atom. The molecule has 0 radical (unpaired) electrons. The number of ether oxygens (including phenoxy) is 1. The van der Waals surface area contributed by atoms with E-state index in [0.717, 1.165) is 16.3 Å². The first-order valence-electron chi connectivity index (χ1n) is 8.00. The zero-order valence-corrected chi connectivity index (χ0v) is 14.1. The van der Waals surface area contributed by atoms with Gasteiger partial charge in [-0.25, -0.2) is 4.79 Å². The number of aromatic nitrogens is 1. The summed E-state index contributed by atoms with van der Waals surface area (Å²) in [4.78, 5) is 28.3. The van der Waals surface area contributed by atoms with Crippen LogP contribution in [0.2, 0.25) is 0 Å². The molecule has 5 heteroatoms. The first kappa shape index (κ1) is 16.6. The van der Waals surface area contributed by atoms with Crippen LogP contribution in [0.25, 0.3) is 22.0 Å². The summed E-state index contributed by atoms with van der Waals surface area (Å²) in [5, 5.41) is 4.47. The van der Waals surface area contributed by atoms with Gasteiger partial charge in [-0.3, -0.25) is 9.78 Å². The molecule has 3 aromatic rings. The Kier molecular flexibility index (Phi) is 4.75. The fraction of sp³-hybridized carbons (Fsp3) is 0.150.